The second-order valence-electron chi connectivity index (χ2n) is 5.05. The molecule has 0 aliphatic carbocycles. The highest BCUT2D eigenvalue weighted by atomic mass is 16.5. The summed E-state index contributed by atoms with van der Waals surface area (Å²) in [6.45, 7) is 4.56. The van der Waals surface area contributed by atoms with Gasteiger partial charge in [-0.1, -0.05) is 30.3 Å². The molecule has 0 spiro atoms. The maximum Gasteiger partial charge on any atom is 0.234 e. The standard InChI is InChI=1S/C14H20N2O2/c1-14(11-18-2)10-15-13(17)9-16(14)8-12-6-4-3-5-7-12/h3-7H,8-11H2,1-2H3,(H,15,17). The van der Waals surface area contributed by atoms with E-state index in [0.717, 1.165) is 6.54 Å². The molecule has 1 heterocycles. The van der Waals surface area contributed by atoms with Crippen molar-refractivity contribution in [2.45, 2.75) is 19.0 Å². The van der Waals surface area contributed by atoms with Crippen LogP contribution in [-0.4, -0.2) is 43.2 Å². The topological polar surface area (TPSA) is 41.6 Å². The zero-order valence-corrected chi connectivity index (χ0v) is 11.0. The molecule has 0 radical (unpaired) electrons. The van der Waals surface area contributed by atoms with Crippen LogP contribution >= 0.6 is 0 Å². The summed E-state index contributed by atoms with van der Waals surface area (Å²) in [6.07, 6.45) is 0. The molecule has 1 aliphatic heterocycles. The lowest BCUT2D eigenvalue weighted by molar-refractivity contribution is -0.130. The van der Waals surface area contributed by atoms with Crippen LogP contribution in [0.4, 0.5) is 0 Å². The van der Waals surface area contributed by atoms with Crippen molar-refractivity contribution in [3.05, 3.63) is 35.9 Å². The number of rotatable bonds is 4. The Morgan fingerprint density at radius 3 is 2.78 bits per heavy atom. The molecule has 1 unspecified atom stereocenters. The minimum Gasteiger partial charge on any atom is -0.383 e. The smallest absolute Gasteiger partial charge is 0.234 e. The van der Waals surface area contributed by atoms with Crippen molar-refractivity contribution in [3.63, 3.8) is 0 Å². The molecule has 1 aromatic carbocycles. The van der Waals surface area contributed by atoms with Crippen LogP contribution in [0.5, 0.6) is 0 Å². The Hall–Kier alpha value is -1.39. The monoisotopic (exact) mass is 248 g/mol. The first-order chi connectivity index (χ1) is 8.64. The van der Waals surface area contributed by atoms with E-state index in [9.17, 15) is 4.79 Å². The van der Waals surface area contributed by atoms with Crippen LogP contribution in [-0.2, 0) is 16.1 Å². The quantitative estimate of drug-likeness (QED) is 0.865. The van der Waals surface area contributed by atoms with Crippen LogP contribution in [0.25, 0.3) is 0 Å². The van der Waals surface area contributed by atoms with Crippen molar-refractivity contribution in [2.75, 3.05) is 26.8 Å². The number of nitrogens with one attached hydrogen (secondary N) is 1. The fourth-order valence-electron chi connectivity index (χ4n) is 2.32. The predicted molar refractivity (Wildman–Crippen MR) is 70.1 cm³/mol. The van der Waals surface area contributed by atoms with E-state index >= 15 is 0 Å². The SMILES string of the molecule is COCC1(C)CNC(=O)CN1Cc1ccccc1. The summed E-state index contributed by atoms with van der Waals surface area (Å²) in [5.74, 6) is 0.0829. The third-order valence-corrected chi connectivity index (χ3v) is 3.44. The van der Waals surface area contributed by atoms with Crippen LogP contribution in [0, 0.1) is 0 Å². The van der Waals surface area contributed by atoms with Gasteiger partial charge in [0.1, 0.15) is 0 Å². The van der Waals surface area contributed by atoms with E-state index in [2.05, 4.69) is 29.3 Å². The highest BCUT2D eigenvalue weighted by molar-refractivity contribution is 5.79. The maximum absolute atomic E-state index is 11.6. The van der Waals surface area contributed by atoms with E-state index in [-0.39, 0.29) is 11.4 Å². The number of hydrogen-bond donors (Lipinski definition) is 1. The lowest BCUT2D eigenvalue weighted by Gasteiger charge is -2.44. The third kappa shape index (κ3) is 2.89. The molecule has 1 atom stereocenters. The molecule has 0 saturated carbocycles. The van der Waals surface area contributed by atoms with Crippen molar-refractivity contribution >= 4 is 5.91 Å². The van der Waals surface area contributed by atoms with E-state index in [1.165, 1.54) is 5.56 Å². The average Bonchev–Trinajstić information content (AvgIpc) is 2.36. The Labute approximate surface area is 108 Å². The van der Waals surface area contributed by atoms with Gasteiger partial charge in [-0.15, -0.1) is 0 Å². The number of ether oxygens (including phenoxy) is 1. The molecule has 1 fully saturated rings. The summed E-state index contributed by atoms with van der Waals surface area (Å²) >= 11 is 0. The minimum absolute atomic E-state index is 0.0829. The molecule has 1 aliphatic rings. The largest absolute Gasteiger partial charge is 0.383 e. The highest BCUT2D eigenvalue weighted by Gasteiger charge is 2.37. The highest BCUT2D eigenvalue weighted by Crippen LogP contribution is 2.20. The summed E-state index contributed by atoms with van der Waals surface area (Å²) in [6, 6.07) is 10.2. The number of piperazine rings is 1. The Kier molecular flexibility index (Phi) is 3.99. The van der Waals surface area contributed by atoms with E-state index in [4.69, 9.17) is 4.74 Å². The molecule has 0 bridgehead atoms. The van der Waals surface area contributed by atoms with Gasteiger partial charge < -0.3 is 10.1 Å². The molecule has 4 heteroatoms. The van der Waals surface area contributed by atoms with E-state index in [1.807, 2.05) is 18.2 Å². The second kappa shape index (κ2) is 5.50. The van der Waals surface area contributed by atoms with Gasteiger partial charge in [0.15, 0.2) is 0 Å². The number of carbonyl (C=O) groups is 1. The Bertz CT molecular complexity index is 408. The lowest BCUT2D eigenvalue weighted by Crippen LogP contribution is -2.63. The van der Waals surface area contributed by atoms with Crippen molar-refractivity contribution in [1.29, 1.82) is 0 Å². The van der Waals surface area contributed by atoms with Crippen molar-refractivity contribution in [3.8, 4) is 0 Å². The summed E-state index contributed by atoms with van der Waals surface area (Å²) in [5.41, 5.74) is 1.08. The molecule has 1 N–H and O–H groups in total. The first-order valence-corrected chi connectivity index (χ1v) is 6.19. The Morgan fingerprint density at radius 1 is 1.39 bits per heavy atom. The van der Waals surface area contributed by atoms with Gasteiger partial charge in [-0.25, -0.2) is 0 Å². The number of amides is 1. The van der Waals surface area contributed by atoms with Gasteiger partial charge in [0.2, 0.25) is 5.91 Å². The zero-order valence-electron chi connectivity index (χ0n) is 11.0. The van der Waals surface area contributed by atoms with Gasteiger partial charge in [0.05, 0.1) is 18.7 Å². The molecule has 1 saturated heterocycles. The predicted octanol–water partition coefficient (Wildman–Crippen LogP) is 1.02. The van der Waals surface area contributed by atoms with Gasteiger partial charge in [-0.3, -0.25) is 9.69 Å². The van der Waals surface area contributed by atoms with E-state index < -0.39 is 0 Å². The number of hydrogen-bond acceptors (Lipinski definition) is 3. The fourth-order valence-corrected chi connectivity index (χ4v) is 2.32. The molecule has 1 amide bonds. The van der Waals surface area contributed by atoms with Crippen molar-refractivity contribution in [1.82, 2.24) is 10.2 Å². The first-order valence-electron chi connectivity index (χ1n) is 6.19. The minimum atomic E-state index is -0.140. The molecule has 4 nitrogen and oxygen atoms in total. The lowest BCUT2D eigenvalue weighted by atomic mass is 9.97. The summed E-state index contributed by atoms with van der Waals surface area (Å²) in [5, 5.41) is 2.91. The molecular formula is C14H20N2O2. The van der Waals surface area contributed by atoms with Crippen LogP contribution in [0.1, 0.15) is 12.5 Å². The van der Waals surface area contributed by atoms with Gasteiger partial charge in [0.25, 0.3) is 0 Å². The Balaban J connectivity index is 2.13. The summed E-state index contributed by atoms with van der Waals surface area (Å²) in [7, 11) is 1.70. The second-order valence-corrected chi connectivity index (χ2v) is 5.05. The summed E-state index contributed by atoms with van der Waals surface area (Å²) < 4.78 is 5.29. The number of benzene rings is 1. The van der Waals surface area contributed by atoms with Gasteiger partial charge >= 0.3 is 0 Å². The van der Waals surface area contributed by atoms with Crippen LogP contribution < -0.4 is 5.32 Å². The number of nitrogens with zero attached hydrogens (tertiary/aromatic N) is 1. The van der Waals surface area contributed by atoms with Crippen LogP contribution in [0.2, 0.25) is 0 Å². The molecule has 98 valence electrons. The maximum atomic E-state index is 11.6. The van der Waals surface area contributed by atoms with Crippen molar-refractivity contribution < 1.29 is 9.53 Å². The zero-order chi connectivity index (χ0) is 13.0. The molecule has 18 heavy (non-hydrogen) atoms. The van der Waals surface area contributed by atoms with Gasteiger partial charge in [-0.05, 0) is 12.5 Å². The molecular weight excluding hydrogens is 228 g/mol. The number of carbonyl (C=O) groups excluding carboxylic acids is 1. The molecule has 1 aromatic rings. The normalized spacial score (nSPS) is 24.9. The van der Waals surface area contributed by atoms with E-state index in [0.29, 0.717) is 19.7 Å². The molecule has 2 rings (SSSR count). The van der Waals surface area contributed by atoms with E-state index in [1.54, 1.807) is 7.11 Å². The first kappa shape index (κ1) is 13.1. The van der Waals surface area contributed by atoms with Crippen LogP contribution in [0.3, 0.4) is 0 Å². The third-order valence-electron chi connectivity index (χ3n) is 3.44. The Morgan fingerprint density at radius 2 is 2.11 bits per heavy atom. The average molecular weight is 248 g/mol. The summed E-state index contributed by atoms with van der Waals surface area (Å²) in [4.78, 5) is 13.7. The van der Waals surface area contributed by atoms with Crippen LogP contribution in [0.15, 0.2) is 30.3 Å². The van der Waals surface area contributed by atoms with Gasteiger partial charge in [-0.2, -0.15) is 0 Å². The fraction of sp³-hybridized carbons (Fsp3) is 0.500. The number of methoxy groups -OCH3 is 1. The molecule has 0 aromatic heterocycles. The van der Waals surface area contributed by atoms with Gasteiger partial charge in [0, 0.05) is 20.2 Å². The van der Waals surface area contributed by atoms with Crippen molar-refractivity contribution in [2.24, 2.45) is 0 Å².